The number of anilines is 2. The van der Waals surface area contributed by atoms with E-state index >= 15 is 0 Å². The van der Waals surface area contributed by atoms with Crippen LogP contribution in [0.3, 0.4) is 0 Å². The van der Waals surface area contributed by atoms with E-state index in [4.69, 9.17) is 10.8 Å². The van der Waals surface area contributed by atoms with Gasteiger partial charge in [-0.25, -0.2) is 0 Å². The smallest absolute Gasteiger partial charge is 0.323 e. The third-order valence-electron chi connectivity index (χ3n) is 2.12. The van der Waals surface area contributed by atoms with Crippen molar-refractivity contribution in [2.45, 2.75) is 6.92 Å². The molecule has 1 aromatic carbocycles. The number of nitrogens with two attached hydrogens (primary N) is 1. The molecule has 1 aromatic rings. The maximum atomic E-state index is 10.6. The Balaban J connectivity index is 3.03. The van der Waals surface area contributed by atoms with Gasteiger partial charge in [-0.3, -0.25) is 4.79 Å². The number of aliphatic carboxylic acids is 1. The molecule has 0 aliphatic rings. The molecule has 0 spiro atoms. The second-order valence-corrected chi connectivity index (χ2v) is 4.26. The number of nitrogens with zero attached hydrogens (tertiary/aromatic N) is 1. The molecule has 0 aromatic heterocycles. The summed E-state index contributed by atoms with van der Waals surface area (Å²) in [6.45, 7) is 1.85. The summed E-state index contributed by atoms with van der Waals surface area (Å²) >= 11 is 3.36. The van der Waals surface area contributed by atoms with Crippen LogP contribution in [-0.2, 0) is 4.79 Å². The van der Waals surface area contributed by atoms with Crippen LogP contribution in [0.25, 0.3) is 0 Å². The van der Waals surface area contributed by atoms with Crippen LogP contribution in [0.1, 0.15) is 5.56 Å². The first kappa shape index (κ1) is 11.8. The van der Waals surface area contributed by atoms with E-state index in [2.05, 4.69) is 15.9 Å². The summed E-state index contributed by atoms with van der Waals surface area (Å²) in [5.41, 5.74) is 8.17. The van der Waals surface area contributed by atoms with Crippen molar-refractivity contribution in [3.63, 3.8) is 0 Å². The molecule has 0 bridgehead atoms. The number of aryl methyl sites for hydroxylation is 1. The van der Waals surface area contributed by atoms with Crippen molar-refractivity contribution in [3.05, 3.63) is 22.2 Å². The molecule has 0 fully saturated rings. The molecular weight excluding hydrogens is 260 g/mol. The quantitative estimate of drug-likeness (QED) is 0.825. The maximum absolute atomic E-state index is 10.6. The van der Waals surface area contributed by atoms with Gasteiger partial charge in [-0.05, 0) is 40.5 Å². The predicted molar refractivity (Wildman–Crippen MR) is 64.2 cm³/mol. The summed E-state index contributed by atoms with van der Waals surface area (Å²) in [5, 5.41) is 8.68. The number of carboxylic acid groups (broad SMARTS) is 1. The van der Waals surface area contributed by atoms with E-state index in [9.17, 15) is 4.79 Å². The van der Waals surface area contributed by atoms with Gasteiger partial charge in [0.25, 0.3) is 0 Å². The number of rotatable bonds is 3. The molecule has 0 unspecified atom stereocenters. The molecule has 3 N–H and O–H groups in total. The Labute approximate surface area is 96.8 Å². The molecule has 0 radical (unpaired) electrons. The molecule has 0 aliphatic heterocycles. The van der Waals surface area contributed by atoms with Gasteiger partial charge in [0, 0.05) is 17.2 Å². The van der Waals surface area contributed by atoms with Gasteiger partial charge < -0.3 is 15.7 Å². The fraction of sp³-hybridized carbons (Fsp3) is 0.300. The molecule has 15 heavy (non-hydrogen) atoms. The topological polar surface area (TPSA) is 66.6 Å². The van der Waals surface area contributed by atoms with Crippen LogP contribution in [0.4, 0.5) is 11.4 Å². The van der Waals surface area contributed by atoms with Gasteiger partial charge in [0.15, 0.2) is 0 Å². The number of carbonyl (C=O) groups is 1. The zero-order valence-corrected chi connectivity index (χ0v) is 10.2. The van der Waals surface area contributed by atoms with Gasteiger partial charge in [0.1, 0.15) is 6.54 Å². The van der Waals surface area contributed by atoms with E-state index in [0.717, 1.165) is 15.7 Å². The van der Waals surface area contributed by atoms with Crippen LogP contribution in [0, 0.1) is 6.92 Å². The lowest BCUT2D eigenvalue weighted by Gasteiger charge is -2.19. The van der Waals surface area contributed by atoms with Crippen LogP contribution < -0.4 is 10.6 Å². The Hall–Kier alpha value is -1.23. The zero-order chi connectivity index (χ0) is 11.6. The summed E-state index contributed by atoms with van der Waals surface area (Å²) < 4.78 is 0.800. The molecular formula is C10H13BrN2O2. The van der Waals surface area contributed by atoms with Crippen molar-refractivity contribution in [1.82, 2.24) is 0 Å². The average molecular weight is 273 g/mol. The van der Waals surface area contributed by atoms with E-state index in [1.54, 1.807) is 18.0 Å². The number of benzene rings is 1. The Bertz CT molecular complexity index is 393. The lowest BCUT2D eigenvalue weighted by Crippen LogP contribution is -2.25. The minimum atomic E-state index is -0.862. The van der Waals surface area contributed by atoms with Gasteiger partial charge in [0.2, 0.25) is 0 Å². The third-order valence-corrected chi connectivity index (χ3v) is 2.75. The van der Waals surface area contributed by atoms with Crippen molar-refractivity contribution in [3.8, 4) is 0 Å². The summed E-state index contributed by atoms with van der Waals surface area (Å²) in [5.74, 6) is -0.862. The van der Waals surface area contributed by atoms with Gasteiger partial charge in [-0.15, -0.1) is 0 Å². The number of hydrogen-bond donors (Lipinski definition) is 2. The standard InChI is InChI=1S/C10H13BrN2O2/c1-6-3-9(7(11)4-8(6)12)13(2)5-10(14)15/h3-4H,5,12H2,1-2H3,(H,14,15). The number of halogens is 1. The fourth-order valence-corrected chi connectivity index (χ4v) is 1.93. The van der Waals surface area contributed by atoms with Gasteiger partial charge in [-0.1, -0.05) is 0 Å². The van der Waals surface area contributed by atoms with Crippen molar-refractivity contribution < 1.29 is 9.90 Å². The van der Waals surface area contributed by atoms with E-state index in [1.165, 1.54) is 0 Å². The van der Waals surface area contributed by atoms with Crippen LogP contribution in [0.2, 0.25) is 0 Å². The molecule has 0 heterocycles. The van der Waals surface area contributed by atoms with Gasteiger partial charge in [-0.2, -0.15) is 0 Å². The summed E-state index contributed by atoms with van der Waals surface area (Å²) in [4.78, 5) is 12.2. The first-order valence-electron chi connectivity index (χ1n) is 4.40. The van der Waals surface area contributed by atoms with Crippen LogP contribution in [-0.4, -0.2) is 24.7 Å². The first-order valence-corrected chi connectivity index (χ1v) is 5.19. The first-order chi connectivity index (χ1) is 6.91. The number of likely N-dealkylation sites (N-methyl/N-ethyl adjacent to an activating group) is 1. The highest BCUT2D eigenvalue weighted by Gasteiger charge is 2.10. The third kappa shape index (κ3) is 2.86. The van der Waals surface area contributed by atoms with Crippen LogP contribution in [0.15, 0.2) is 16.6 Å². The Morgan fingerprint density at radius 1 is 1.60 bits per heavy atom. The molecule has 0 atom stereocenters. The van der Waals surface area contributed by atoms with Crippen molar-refractivity contribution in [2.24, 2.45) is 0 Å². The largest absolute Gasteiger partial charge is 0.480 e. The van der Waals surface area contributed by atoms with Crippen LogP contribution in [0.5, 0.6) is 0 Å². The highest BCUT2D eigenvalue weighted by atomic mass is 79.9. The van der Waals surface area contributed by atoms with E-state index < -0.39 is 5.97 Å². The van der Waals surface area contributed by atoms with Crippen LogP contribution >= 0.6 is 15.9 Å². The normalized spacial score (nSPS) is 10.1. The molecule has 1 rings (SSSR count). The van der Waals surface area contributed by atoms with Gasteiger partial charge >= 0.3 is 5.97 Å². The van der Waals surface area contributed by atoms with Crippen molar-refractivity contribution in [1.29, 1.82) is 0 Å². The average Bonchev–Trinajstić information content (AvgIpc) is 2.09. The lowest BCUT2D eigenvalue weighted by molar-refractivity contribution is -0.135. The minimum Gasteiger partial charge on any atom is -0.480 e. The molecule has 0 saturated heterocycles. The van der Waals surface area contributed by atoms with E-state index in [1.807, 2.05) is 13.0 Å². The Morgan fingerprint density at radius 2 is 2.20 bits per heavy atom. The SMILES string of the molecule is Cc1cc(N(C)CC(=O)O)c(Br)cc1N. The van der Waals surface area contributed by atoms with E-state index in [-0.39, 0.29) is 6.54 Å². The summed E-state index contributed by atoms with van der Waals surface area (Å²) in [6.07, 6.45) is 0. The molecule has 82 valence electrons. The maximum Gasteiger partial charge on any atom is 0.323 e. The highest BCUT2D eigenvalue weighted by Crippen LogP contribution is 2.29. The Kier molecular flexibility index (Phi) is 3.57. The number of carboxylic acids is 1. The molecule has 4 nitrogen and oxygen atoms in total. The summed E-state index contributed by atoms with van der Waals surface area (Å²) in [7, 11) is 1.73. The highest BCUT2D eigenvalue weighted by molar-refractivity contribution is 9.10. The molecule has 0 amide bonds. The lowest BCUT2D eigenvalue weighted by atomic mass is 10.1. The fourth-order valence-electron chi connectivity index (χ4n) is 1.26. The Morgan fingerprint density at radius 3 is 2.73 bits per heavy atom. The van der Waals surface area contributed by atoms with Gasteiger partial charge in [0.05, 0.1) is 5.69 Å². The molecule has 5 heteroatoms. The second-order valence-electron chi connectivity index (χ2n) is 3.41. The molecule has 0 aliphatic carbocycles. The number of hydrogen-bond acceptors (Lipinski definition) is 3. The second kappa shape index (κ2) is 4.53. The monoisotopic (exact) mass is 272 g/mol. The predicted octanol–water partition coefficient (Wildman–Crippen LogP) is 1.86. The molecule has 0 saturated carbocycles. The summed E-state index contributed by atoms with van der Waals surface area (Å²) in [6, 6.07) is 3.64. The van der Waals surface area contributed by atoms with Crippen molar-refractivity contribution >= 4 is 33.3 Å². The van der Waals surface area contributed by atoms with Crippen molar-refractivity contribution in [2.75, 3.05) is 24.2 Å². The minimum absolute atomic E-state index is 0.0397. The zero-order valence-electron chi connectivity index (χ0n) is 8.62. The van der Waals surface area contributed by atoms with E-state index in [0.29, 0.717) is 5.69 Å². The number of nitrogen functional groups attached to an aromatic ring is 1.